The van der Waals surface area contributed by atoms with Gasteiger partial charge in [0, 0.05) is 37.4 Å². The Labute approximate surface area is 114 Å². The molecule has 1 aromatic rings. The second kappa shape index (κ2) is 5.74. The molecule has 0 amide bonds. The predicted molar refractivity (Wildman–Crippen MR) is 74.4 cm³/mol. The standard InChI is InChI=1S/C14H22N4O/c1-19-13-6-8-15-14(17-13)16-11-7-9-18(10-11)12-4-2-3-5-12/h6,8,11-12H,2-5,7,9-10H2,1H3,(H,15,16,17). The summed E-state index contributed by atoms with van der Waals surface area (Å²) < 4.78 is 5.12. The van der Waals surface area contributed by atoms with Crippen LogP contribution in [0.2, 0.25) is 0 Å². The summed E-state index contributed by atoms with van der Waals surface area (Å²) in [5.41, 5.74) is 0. The molecule has 1 saturated carbocycles. The Hall–Kier alpha value is -1.36. The smallest absolute Gasteiger partial charge is 0.226 e. The molecule has 2 heterocycles. The van der Waals surface area contributed by atoms with E-state index in [1.54, 1.807) is 19.4 Å². The second-order valence-corrected chi connectivity index (χ2v) is 5.49. The lowest BCUT2D eigenvalue weighted by Crippen LogP contribution is -2.33. The highest BCUT2D eigenvalue weighted by molar-refractivity contribution is 5.29. The minimum absolute atomic E-state index is 0.465. The number of anilines is 1. The molecule has 1 atom stereocenters. The SMILES string of the molecule is COc1ccnc(NC2CCN(C3CCCC3)C2)n1. The van der Waals surface area contributed by atoms with Crippen molar-refractivity contribution in [2.75, 3.05) is 25.5 Å². The van der Waals surface area contributed by atoms with Gasteiger partial charge in [-0.15, -0.1) is 0 Å². The number of methoxy groups -OCH3 is 1. The van der Waals surface area contributed by atoms with Gasteiger partial charge in [0.1, 0.15) is 0 Å². The van der Waals surface area contributed by atoms with Crippen molar-refractivity contribution in [1.29, 1.82) is 0 Å². The highest BCUT2D eigenvalue weighted by Gasteiger charge is 2.30. The summed E-state index contributed by atoms with van der Waals surface area (Å²) in [5.74, 6) is 1.29. The van der Waals surface area contributed by atoms with E-state index < -0.39 is 0 Å². The summed E-state index contributed by atoms with van der Waals surface area (Å²) >= 11 is 0. The number of nitrogens with one attached hydrogen (secondary N) is 1. The molecule has 0 radical (unpaired) electrons. The molecule has 1 N–H and O–H groups in total. The first-order valence-electron chi connectivity index (χ1n) is 7.23. The molecular formula is C14H22N4O. The van der Waals surface area contributed by atoms with Crippen LogP contribution >= 0.6 is 0 Å². The number of ether oxygens (including phenoxy) is 1. The van der Waals surface area contributed by atoms with Gasteiger partial charge in [-0.2, -0.15) is 4.98 Å². The molecule has 0 bridgehead atoms. The molecule has 1 aliphatic heterocycles. The molecule has 3 rings (SSSR count). The van der Waals surface area contributed by atoms with E-state index in [4.69, 9.17) is 4.74 Å². The molecule has 104 valence electrons. The van der Waals surface area contributed by atoms with E-state index in [1.807, 2.05) is 0 Å². The maximum absolute atomic E-state index is 5.12. The van der Waals surface area contributed by atoms with Crippen LogP contribution in [0, 0.1) is 0 Å². The monoisotopic (exact) mass is 262 g/mol. The molecule has 1 saturated heterocycles. The van der Waals surface area contributed by atoms with Gasteiger partial charge in [-0.3, -0.25) is 4.90 Å². The van der Waals surface area contributed by atoms with Gasteiger partial charge in [0.2, 0.25) is 11.8 Å². The first-order valence-corrected chi connectivity index (χ1v) is 7.23. The van der Waals surface area contributed by atoms with E-state index >= 15 is 0 Å². The number of hydrogen-bond donors (Lipinski definition) is 1. The van der Waals surface area contributed by atoms with Crippen LogP contribution in [0.25, 0.3) is 0 Å². The van der Waals surface area contributed by atoms with Gasteiger partial charge in [-0.05, 0) is 19.3 Å². The Bertz CT molecular complexity index is 420. The third-order valence-corrected chi connectivity index (χ3v) is 4.23. The van der Waals surface area contributed by atoms with Crippen LogP contribution in [0.5, 0.6) is 5.88 Å². The Morgan fingerprint density at radius 1 is 1.32 bits per heavy atom. The number of hydrogen-bond acceptors (Lipinski definition) is 5. The maximum atomic E-state index is 5.12. The fraction of sp³-hybridized carbons (Fsp3) is 0.714. The zero-order chi connectivity index (χ0) is 13.1. The second-order valence-electron chi connectivity index (χ2n) is 5.49. The van der Waals surface area contributed by atoms with Gasteiger partial charge < -0.3 is 10.1 Å². The lowest BCUT2D eigenvalue weighted by molar-refractivity contribution is 0.245. The van der Waals surface area contributed by atoms with Gasteiger partial charge in [0.25, 0.3) is 0 Å². The molecule has 2 fully saturated rings. The third-order valence-electron chi connectivity index (χ3n) is 4.23. The Morgan fingerprint density at radius 3 is 2.95 bits per heavy atom. The third kappa shape index (κ3) is 2.97. The van der Waals surface area contributed by atoms with Crippen molar-refractivity contribution < 1.29 is 4.74 Å². The van der Waals surface area contributed by atoms with E-state index in [-0.39, 0.29) is 0 Å². The quantitative estimate of drug-likeness (QED) is 0.898. The fourth-order valence-corrected chi connectivity index (χ4v) is 3.21. The van der Waals surface area contributed by atoms with Gasteiger partial charge in [-0.25, -0.2) is 4.98 Å². The molecular weight excluding hydrogens is 240 g/mol. The summed E-state index contributed by atoms with van der Waals surface area (Å²) in [7, 11) is 1.63. The number of likely N-dealkylation sites (tertiary alicyclic amines) is 1. The lowest BCUT2D eigenvalue weighted by atomic mass is 10.2. The molecule has 2 aliphatic rings. The summed E-state index contributed by atoms with van der Waals surface area (Å²) in [4.78, 5) is 11.2. The van der Waals surface area contributed by atoms with Crippen LogP contribution in [-0.4, -0.2) is 47.2 Å². The van der Waals surface area contributed by atoms with Crippen LogP contribution in [0.3, 0.4) is 0 Å². The van der Waals surface area contributed by atoms with Crippen LogP contribution in [0.1, 0.15) is 32.1 Å². The van der Waals surface area contributed by atoms with Crippen LogP contribution in [0.4, 0.5) is 5.95 Å². The van der Waals surface area contributed by atoms with Crippen LogP contribution in [-0.2, 0) is 0 Å². The first kappa shape index (κ1) is 12.7. The number of aromatic nitrogens is 2. The molecule has 1 aromatic heterocycles. The topological polar surface area (TPSA) is 50.3 Å². The van der Waals surface area contributed by atoms with Crippen molar-refractivity contribution >= 4 is 5.95 Å². The van der Waals surface area contributed by atoms with Crippen molar-refractivity contribution in [1.82, 2.24) is 14.9 Å². The largest absolute Gasteiger partial charge is 0.481 e. The van der Waals surface area contributed by atoms with E-state index in [1.165, 1.54) is 38.6 Å². The molecule has 5 nitrogen and oxygen atoms in total. The van der Waals surface area contributed by atoms with Gasteiger partial charge in [0.05, 0.1) is 7.11 Å². The van der Waals surface area contributed by atoms with Gasteiger partial charge in [0.15, 0.2) is 0 Å². The zero-order valence-electron chi connectivity index (χ0n) is 11.5. The van der Waals surface area contributed by atoms with Gasteiger partial charge in [-0.1, -0.05) is 12.8 Å². The van der Waals surface area contributed by atoms with Crippen molar-refractivity contribution in [2.45, 2.75) is 44.2 Å². The molecule has 5 heteroatoms. The van der Waals surface area contributed by atoms with Crippen molar-refractivity contribution in [3.05, 3.63) is 12.3 Å². The van der Waals surface area contributed by atoms with Crippen LogP contribution in [0.15, 0.2) is 12.3 Å². The molecule has 19 heavy (non-hydrogen) atoms. The number of nitrogens with zero attached hydrogens (tertiary/aromatic N) is 3. The highest BCUT2D eigenvalue weighted by Crippen LogP contribution is 2.27. The van der Waals surface area contributed by atoms with Crippen molar-refractivity contribution in [3.63, 3.8) is 0 Å². The summed E-state index contributed by atoms with van der Waals surface area (Å²) in [5, 5.41) is 3.43. The molecule has 0 spiro atoms. The minimum Gasteiger partial charge on any atom is -0.481 e. The summed E-state index contributed by atoms with van der Waals surface area (Å²) in [6.07, 6.45) is 8.47. The Morgan fingerprint density at radius 2 is 2.16 bits per heavy atom. The molecule has 1 unspecified atom stereocenters. The predicted octanol–water partition coefficient (Wildman–Crippen LogP) is 1.91. The van der Waals surface area contributed by atoms with E-state index in [2.05, 4.69) is 20.2 Å². The van der Waals surface area contributed by atoms with E-state index in [0.717, 1.165) is 12.6 Å². The van der Waals surface area contributed by atoms with Crippen molar-refractivity contribution in [3.8, 4) is 5.88 Å². The lowest BCUT2D eigenvalue weighted by Gasteiger charge is -2.23. The van der Waals surface area contributed by atoms with E-state index in [9.17, 15) is 0 Å². The van der Waals surface area contributed by atoms with E-state index in [0.29, 0.717) is 17.9 Å². The average Bonchev–Trinajstić information content (AvgIpc) is 3.09. The van der Waals surface area contributed by atoms with Gasteiger partial charge >= 0.3 is 0 Å². The maximum Gasteiger partial charge on any atom is 0.226 e. The average molecular weight is 262 g/mol. The van der Waals surface area contributed by atoms with Crippen molar-refractivity contribution in [2.24, 2.45) is 0 Å². The Kier molecular flexibility index (Phi) is 3.82. The fourth-order valence-electron chi connectivity index (χ4n) is 3.21. The summed E-state index contributed by atoms with van der Waals surface area (Å²) in [6.45, 7) is 2.32. The summed E-state index contributed by atoms with van der Waals surface area (Å²) in [6, 6.07) is 3.05. The molecule has 0 aromatic carbocycles. The normalized spacial score (nSPS) is 24.8. The first-order chi connectivity index (χ1) is 9.35. The zero-order valence-corrected chi connectivity index (χ0v) is 11.5. The highest BCUT2D eigenvalue weighted by atomic mass is 16.5. The number of rotatable bonds is 4. The molecule has 1 aliphatic carbocycles. The Balaban J connectivity index is 1.56. The van der Waals surface area contributed by atoms with Crippen LogP contribution < -0.4 is 10.1 Å². The minimum atomic E-state index is 0.465.